The van der Waals surface area contributed by atoms with E-state index in [0.717, 1.165) is 42.1 Å². The van der Waals surface area contributed by atoms with Crippen LogP contribution in [0.5, 0.6) is 0 Å². The molecule has 186 valence electrons. The molecule has 2 aromatic rings. The lowest BCUT2D eigenvalue weighted by Gasteiger charge is -2.62. The third-order valence-electron chi connectivity index (χ3n) is 8.05. The minimum atomic E-state index is -0.150. The Morgan fingerprint density at radius 1 is 1.03 bits per heavy atom. The number of ether oxygens (including phenoxy) is 1. The molecule has 4 nitrogen and oxygen atoms in total. The van der Waals surface area contributed by atoms with Gasteiger partial charge in [-0.2, -0.15) is 0 Å². The smallest absolute Gasteiger partial charge is 0.305 e. The van der Waals surface area contributed by atoms with Crippen LogP contribution < -0.4 is 5.32 Å². The Kier molecular flexibility index (Phi) is 8.38. The van der Waals surface area contributed by atoms with Gasteiger partial charge >= 0.3 is 5.97 Å². The molecule has 2 bridgehead atoms. The molecule has 5 heteroatoms. The van der Waals surface area contributed by atoms with Gasteiger partial charge in [0.15, 0.2) is 0 Å². The van der Waals surface area contributed by atoms with Crippen molar-refractivity contribution in [2.75, 3.05) is 7.11 Å². The fourth-order valence-electron chi connectivity index (χ4n) is 5.76. The van der Waals surface area contributed by atoms with Crippen molar-refractivity contribution in [2.24, 2.45) is 23.2 Å². The van der Waals surface area contributed by atoms with Crippen LogP contribution in [0.3, 0.4) is 0 Å². The van der Waals surface area contributed by atoms with Crippen LogP contribution in [0.15, 0.2) is 76.5 Å². The highest BCUT2D eigenvalue weighted by molar-refractivity contribution is 7.99. The van der Waals surface area contributed by atoms with Crippen molar-refractivity contribution in [1.29, 1.82) is 0 Å². The van der Waals surface area contributed by atoms with Gasteiger partial charge in [0.25, 0.3) is 5.91 Å². The summed E-state index contributed by atoms with van der Waals surface area (Å²) in [6.45, 7) is 4.72. The van der Waals surface area contributed by atoms with Gasteiger partial charge in [-0.3, -0.25) is 9.59 Å². The van der Waals surface area contributed by atoms with Gasteiger partial charge in [0.05, 0.1) is 7.11 Å². The Morgan fingerprint density at radius 3 is 2.43 bits per heavy atom. The van der Waals surface area contributed by atoms with E-state index in [-0.39, 0.29) is 23.3 Å². The predicted octanol–water partition coefficient (Wildman–Crippen LogP) is 6.91. The molecule has 1 N–H and O–H groups in total. The first-order valence-corrected chi connectivity index (χ1v) is 13.6. The Morgan fingerprint density at radius 2 is 1.74 bits per heavy atom. The second-order valence-electron chi connectivity index (χ2n) is 10.5. The summed E-state index contributed by atoms with van der Waals surface area (Å²) in [5, 5.41) is 3.43. The molecule has 3 fully saturated rings. The number of carbonyl (C=O) groups excluding carboxylic acids is 2. The minimum absolute atomic E-state index is 0.0273. The average Bonchev–Trinajstić information content (AvgIpc) is 2.87. The number of carbonyl (C=O) groups is 2. The minimum Gasteiger partial charge on any atom is -0.469 e. The van der Waals surface area contributed by atoms with E-state index in [9.17, 15) is 9.59 Å². The monoisotopic (exact) mass is 491 g/mol. The van der Waals surface area contributed by atoms with E-state index in [1.54, 1.807) is 11.8 Å². The summed E-state index contributed by atoms with van der Waals surface area (Å²) in [5.41, 5.74) is 1.01. The van der Waals surface area contributed by atoms with Gasteiger partial charge in [-0.05, 0) is 91.7 Å². The highest BCUT2D eigenvalue weighted by atomic mass is 32.2. The fourth-order valence-corrected chi connectivity index (χ4v) is 6.59. The first-order valence-electron chi connectivity index (χ1n) is 12.7. The molecule has 0 aromatic heterocycles. The molecule has 5 rings (SSSR count). The highest BCUT2D eigenvalue weighted by Crippen LogP contribution is 2.61. The summed E-state index contributed by atoms with van der Waals surface area (Å²) in [4.78, 5) is 26.8. The Labute approximate surface area is 213 Å². The zero-order valence-corrected chi connectivity index (χ0v) is 21.9. The lowest BCUT2D eigenvalue weighted by Crippen LogP contribution is -2.63. The van der Waals surface area contributed by atoms with Crippen LogP contribution in [0.25, 0.3) is 0 Å². The SMILES string of the molecule is COC(=O)CCC/C=C\C[C@H]1C[C@@H]2C[C@H]([C@@H]1NC(=O)c1ccc(Sc3ccccc3)cc1)C2(C)C. The Balaban J connectivity index is 1.35. The number of nitrogens with one attached hydrogen (secondary N) is 1. The van der Waals surface area contributed by atoms with Gasteiger partial charge < -0.3 is 10.1 Å². The first-order chi connectivity index (χ1) is 16.9. The van der Waals surface area contributed by atoms with Gasteiger partial charge in [-0.1, -0.05) is 56.0 Å². The summed E-state index contributed by atoms with van der Waals surface area (Å²) in [6, 6.07) is 18.4. The van der Waals surface area contributed by atoms with Gasteiger partial charge in [0.1, 0.15) is 0 Å². The van der Waals surface area contributed by atoms with E-state index >= 15 is 0 Å². The molecule has 0 aliphatic heterocycles. The molecule has 2 aromatic carbocycles. The molecule has 0 spiro atoms. The van der Waals surface area contributed by atoms with Crippen LogP contribution in [0, 0.1) is 23.2 Å². The summed E-state index contributed by atoms with van der Waals surface area (Å²) in [7, 11) is 1.43. The van der Waals surface area contributed by atoms with E-state index in [1.165, 1.54) is 18.4 Å². The van der Waals surface area contributed by atoms with Crippen LogP contribution in [-0.4, -0.2) is 25.0 Å². The van der Waals surface area contributed by atoms with E-state index in [2.05, 4.69) is 43.4 Å². The second-order valence-corrected chi connectivity index (χ2v) is 11.6. The zero-order valence-electron chi connectivity index (χ0n) is 21.0. The fraction of sp³-hybridized carbons (Fsp3) is 0.467. The number of hydrogen-bond acceptors (Lipinski definition) is 4. The number of esters is 1. The Bertz CT molecular complexity index is 1030. The number of allylic oxidation sites excluding steroid dienone is 2. The van der Waals surface area contributed by atoms with Crippen molar-refractivity contribution in [2.45, 2.75) is 68.2 Å². The summed E-state index contributed by atoms with van der Waals surface area (Å²) >= 11 is 1.70. The highest BCUT2D eigenvalue weighted by Gasteiger charge is 2.57. The van der Waals surface area contributed by atoms with Crippen LogP contribution in [0.2, 0.25) is 0 Å². The lowest BCUT2D eigenvalue weighted by atomic mass is 9.44. The van der Waals surface area contributed by atoms with Crippen LogP contribution in [0.4, 0.5) is 0 Å². The number of hydrogen-bond donors (Lipinski definition) is 1. The van der Waals surface area contributed by atoms with Crippen molar-refractivity contribution in [1.82, 2.24) is 5.32 Å². The summed E-state index contributed by atoms with van der Waals surface area (Å²) in [5.74, 6) is 1.60. The standard InChI is InChI=1S/C30H37NO3S/c1-30(2)23-19-22(11-7-4-5-10-14-27(32)34-3)28(26(30)20-23)31-29(33)21-15-17-25(18-16-21)35-24-12-8-6-9-13-24/h4,6-9,12-13,15-18,22-23,26,28H,5,10-11,14,19-20H2,1-3H3,(H,31,33)/b7-4-/t22-,23+,26+,28+/m0/s1. The molecule has 3 aliphatic rings. The van der Waals surface area contributed by atoms with Crippen LogP contribution >= 0.6 is 11.8 Å². The second kappa shape index (κ2) is 11.5. The first kappa shape index (κ1) is 25.6. The number of amides is 1. The van der Waals surface area contributed by atoms with Gasteiger partial charge in [0, 0.05) is 27.8 Å². The quantitative estimate of drug-likeness (QED) is 0.223. The van der Waals surface area contributed by atoms with Crippen molar-refractivity contribution in [3.63, 3.8) is 0 Å². The number of methoxy groups -OCH3 is 1. The lowest BCUT2D eigenvalue weighted by molar-refractivity contribution is -0.140. The predicted molar refractivity (Wildman–Crippen MR) is 141 cm³/mol. The van der Waals surface area contributed by atoms with E-state index < -0.39 is 0 Å². The molecule has 35 heavy (non-hydrogen) atoms. The van der Waals surface area contributed by atoms with Crippen LogP contribution in [-0.2, 0) is 9.53 Å². The van der Waals surface area contributed by atoms with Gasteiger partial charge in [0.2, 0.25) is 0 Å². The molecule has 3 aliphatic carbocycles. The van der Waals surface area contributed by atoms with E-state index in [0.29, 0.717) is 18.3 Å². The molecule has 4 atom stereocenters. The van der Waals surface area contributed by atoms with Crippen molar-refractivity contribution < 1.29 is 14.3 Å². The topological polar surface area (TPSA) is 55.4 Å². The van der Waals surface area contributed by atoms with E-state index in [1.807, 2.05) is 42.5 Å². The Hall–Kier alpha value is -2.53. The third-order valence-corrected chi connectivity index (χ3v) is 9.07. The number of rotatable bonds is 10. The van der Waals surface area contributed by atoms with Gasteiger partial charge in [-0.15, -0.1) is 0 Å². The van der Waals surface area contributed by atoms with Crippen molar-refractivity contribution >= 4 is 23.6 Å². The molecular formula is C30H37NO3S. The summed E-state index contributed by atoms with van der Waals surface area (Å²) < 4.78 is 4.70. The van der Waals surface area contributed by atoms with Crippen LogP contribution in [0.1, 0.15) is 62.7 Å². The maximum Gasteiger partial charge on any atom is 0.305 e. The normalized spacial score (nSPS) is 24.5. The molecule has 1 amide bonds. The number of fused-ring (bicyclic) bond motifs is 2. The molecule has 0 saturated heterocycles. The number of unbranched alkanes of at least 4 members (excludes halogenated alkanes) is 1. The molecule has 3 saturated carbocycles. The zero-order chi connectivity index (χ0) is 24.8. The largest absolute Gasteiger partial charge is 0.469 e. The summed E-state index contributed by atoms with van der Waals surface area (Å²) in [6.07, 6.45) is 9.92. The molecule has 0 radical (unpaired) electrons. The molecular weight excluding hydrogens is 454 g/mol. The van der Waals surface area contributed by atoms with Crippen molar-refractivity contribution in [3.05, 3.63) is 72.3 Å². The molecule has 0 heterocycles. The third kappa shape index (κ3) is 6.19. The van der Waals surface area contributed by atoms with Gasteiger partial charge in [-0.25, -0.2) is 0 Å². The average molecular weight is 492 g/mol. The maximum atomic E-state index is 13.2. The number of benzene rings is 2. The molecule has 0 unspecified atom stereocenters. The maximum absolute atomic E-state index is 13.2. The van der Waals surface area contributed by atoms with Crippen molar-refractivity contribution in [3.8, 4) is 0 Å². The van der Waals surface area contributed by atoms with E-state index in [4.69, 9.17) is 4.74 Å².